The number of fused-ring (bicyclic) bond motifs is 3. The molecule has 1 amide bonds. The molecule has 1 heterocycles. The van der Waals surface area contributed by atoms with Crippen LogP contribution in [0.1, 0.15) is 66.4 Å². The molecule has 0 saturated heterocycles. The summed E-state index contributed by atoms with van der Waals surface area (Å²) in [6.07, 6.45) is 0.773. The maximum absolute atomic E-state index is 13.5. The number of anilines is 1. The third kappa shape index (κ3) is 4.95. The molecule has 0 saturated carbocycles. The van der Waals surface area contributed by atoms with Gasteiger partial charge in [0.1, 0.15) is 6.54 Å². The van der Waals surface area contributed by atoms with E-state index in [9.17, 15) is 13.2 Å². The number of rotatable bonds is 5. The van der Waals surface area contributed by atoms with Gasteiger partial charge in [-0.05, 0) is 55.4 Å². The lowest BCUT2D eigenvalue weighted by molar-refractivity contribution is -0.121. The molecule has 3 rings (SSSR count). The van der Waals surface area contributed by atoms with Crippen LogP contribution in [0.15, 0.2) is 47.4 Å². The quantitative estimate of drug-likeness (QED) is 0.682. The Hall–Kier alpha value is -2.34. The number of amides is 1. The highest BCUT2D eigenvalue weighted by Gasteiger charge is 2.37. The Bertz CT molecular complexity index is 1100. The summed E-state index contributed by atoms with van der Waals surface area (Å²) < 4.78 is 28.2. The van der Waals surface area contributed by atoms with E-state index in [-0.39, 0.29) is 22.8 Å². The van der Waals surface area contributed by atoms with Crippen LogP contribution < -0.4 is 9.62 Å². The van der Waals surface area contributed by atoms with E-state index >= 15 is 0 Å². The lowest BCUT2D eigenvalue weighted by Gasteiger charge is -2.35. The van der Waals surface area contributed by atoms with Gasteiger partial charge >= 0.3 is 0 Å². The fraction of sp³-hybridized carbons (Fsp3) is 0.480. The molecule has 6 heteroatoms. The summed E-state index contributed by atoms with van der Waals surface area (Å²) in [4.78, 5) is 13.2. The second kappa shape index (κ2) is 7.97. The zero-order chi connectivity index (χ0) is 23.2. The number of benzene rings is 2. The van der Waals surface area contributed by atoms with Crippen molar-refractivity contribution >= 4 is 21.6 Å². The van der Waals surface area contributed by atoms with Crippen LogP contribution in [-0.4, -0.2) is 26.4 Å². The van der Waals surface area contributed by atoms with E-state index in [1.807, 2.05) is 44.2 Å². The highest BCUT2D eigenvalue weighted by atomic mass is 32.2. The van der Waals surface area contributed by atoms with Crippen molar-refractivity contribution in [3.05, 3.63) is 48.0 Å². The molecular weight excluding hydrogens is 408 g/mol. The number of nitrogens with one attached hydrogen (secondary N) is 1. The molecule has 31 heavy (non-hydrogen) atoms. The van der Waals surface area contributed by atoms with Crippen molar-refractivity contribution in [2.75, 3.05) is 10.8 Å². The Kier molecular flexibility index (Phi) is 6.00. The van der Waals surface area contributed by atoms with Crippen molar-refractivity contribution in [3.63, 3.8) is 0 Å². The summed E-state index contributed by atoms with van der Waals surface area (Å²) in [5.74, 6) is 0.00188. The Morgan fingerprint density at radius 1 is 1.00 bits per heavy atom. The molecule has 0 unspecified atom stereocenters. The van der Waals surface area contributed by atoms with Crippen LogP contribution in [0.3, 0.4) is 0 Å². The molecule has 168 valence electrons. The van der Waals surface area contributed by atoms with Crippen LogP contribution in [0.2, 0.25) is 0 Å². The Morgan fingerprint density at radius 2 is 1.65 bits per heavy atom. The third-order valence-corrected chi connectivity index (χ3v) is 7.26. The van der Waals surface area contributed by atoms with Crippen molar-refractivity contribution in [3.8, 4) is 11.1 Å². The number of nitrogens with zero attached hydrogens (tertiary/aromatic N) is 1. The van der Waals surface area contributed by atoms with E-state index < -0.39 is 15.6 Å². The molecular formula is C25H34N2O3S. The highest BCUT2D eigenvalue weighted by molar-refractivity contribution is 7.93. The first kappa shape index (κ1) is 23.3. The number of carbonyl (C=O) groups excluding carboxylic acids is 1. The van der Waals surface area contributed by atoms with Crippen molar-refractivity contribution in [1.82, 2.24) is 5.32 Å². The van der Waals surface area contributed by atoms with Crippen LogP contribution in [0, 0.1) is 5.41 Å². The number of hydrogen-bond donors (Lipinski definition) is 1. The van der Waals surface area contributed by atoms with Gasteiger partial charge in [-0.3, -0.25) is 9.10 Å². The molecule has 1 aliphatic heterocycles. The standard InChI is InChI=1S/C25H34N2O3S/c1-17(2)18-12-13-21-20(14-18)19-10-8-9-11-22(19)31(29,30)27(21)15-23(28)26-25(6,7)16-24(3,4)5/h8-14,17H,15-16H2,1-7H3,(H,26,28). The van der Waals surface area contributed by atoms with Crippen LogP contribution in [0.4, 0.5) is 5.69 Å². The molecule has 2 aromatic carbocycles. The van der Waals surface area contributed by atoms with Crippen molar-refractivity contribution in [2.45, 2.75) is 71.2 Å². The fourth-order valence-corrected chi connectivity index (χ4v) is 6.25. The maximum Gasteiger partial charge on any atom is 0.265 e. The minimum atomic E-state index is -3.84. The van der Waals surface area contributed by atoms with Gasteiger partial charge in [0, 0.05) is 16.7 Å². The topological polar surface area (TPSA) is 66.5 Å². The van der Waals surface area contributed by atoms with Gasteiger partial charge in [0.05, 0.1) is 10.6 Å². The smallest absolute Gasteiger partial charge is 0.265 e. The summed E-state index contributed by atoms with van der Waals surface area (Å²) in [6, 6.07) is 12.8. The first-order valence-electron chi connectivity index (χ1n) is 10.8. The van der Waals surface area contributed by atoms with E-state index in [1.54, 1.807) is 12.1 Å². The minimum absolute atomic E-state index is 0.0345. The van der Waals surface area contributed by atoms with Crippen molar-refractivity contribution in [1.29, 1.82) is 0 Å². The zero-order valence-electron chi connectivity index (χ0n) is 19.6. The van der Waals surface area contributed by atoms with Crippen LogP contribution in [0.5, 0.6) is 0 Å². The molecule has 5 nitrogen and oxygen atoms in total. The predicted octanol–water partition coefficient (Wildman–Crippen LogP) is 5.32. The number of hydrogen-bond acceptors (Lipinski definition) is 3. The largest absolute Gasteiger partial charge is 0.350 e. The summed E-state index contributed by atoms with van der Waals surface area (Å²) in [7, 11) is -3.84. The van der Waals surface area contributed by atoms with Gasteiger partial charge in [0.2, 0.25) is 5.91 Å². The molecule has 1 aliphatic rings. The van der Waals surface area contributed by atoms with Gasteiger partial charge in [-0.25, -0.2) is 8.42 Å². The van der Waals surface area contributed by atoms with E-state index in [4.69, 9.17) is 0 Å². The van der Waals surface area contributed by atoms with Gasteiger partial charge in [-0.15, -0.1) is 0 Å². The summed E-state index contributed by atoms with van der Waals surface area (Å²) in [6.45, 7) is 14.3. The first-order chi connectivity index (χ1) is 14.2. The molecule has 0 aromatic heterocycles. The SMILES string of the molecule is CC(C)c1ccc2c(c1)-c1ccccc1S(=O)(=O)N2CC(=O)NC(C)(C)CC(C)(C)C. The zero-order valence-corrected chi connectivity index (χ0v) is 20.4. The second-order valence-corrected chi connectivity index (χ2v) is 12.4. The second-order valence-electron chi connectivity index (χ2n) is 10.6. The number of carbonyl (C=O) groups is 1. The molecule has 0 atom stereocenters. The van der Waals surface area contributed by atoms with Gasteiger partial charge in [0.15, 0.2) is 0 Å². The van der Waals surface area contributed by atoms with Crippen molar-refractivity contribution < 1.29 is 13.2 Å². The Labute approximate surface area is 186 Å². The lowest BCUT2D eigenvalue weighted by atomic mass is 9.82. The van der Waals surface area contributed by atoms with Crippen LogP contribution in [-0.2, 0) is 14.8 Å². The van der Waals surface area contributed by atoms with E-state index in [1.165, 1.54) is 4.31 Å². The summed E-state index contributed by atoms with van der Waals surface area (Å²) in [5.41, 5.74) is 2.79. The van der Waals surface area contributed by atoms with E-state index in [2.05, 4.69) is 39.9 Å². The van der Waals surface area contributed by atoms with E-state index in [0.29, 0.717) is 17.2 Å². The monoisotopic (exact) mass is 442 g/mol. The van der Waals surface area contributed by atoms with Gasteiger partial charge in [-0.2, -0.15) is 0 Å². The van der Waals surface area contributed by atoms with Gasteiger partial charge in [0.25, 0.3) is 10.0 Å². The normalized spacial score (nSPS) is 15.4. The Balaban J connectivity index is 2.01. The maximum atomic E-state index is 13.5. The lowest BCUT2D eigenvalue weighted by Crippen LogP contribution is -2.50. The van der Waals surface area contributed by atoms with Crippen LogP contribution >= 0.6 is 0 Å². The molecule has 1 N–H and O–H groups in total. The van der Waals surface area contributed by atoms with Crippen molar-refractivity contribution in [2.24, 2.45) is 5.41 Å². The molecule has 0 bridgehead atoms. The van der Waals surface area contributed by atoms with Gasteiger partial charge < -0.3 is 5.32 Å². The summed E-state index contributed by atoms with van der Waals surface area (Å²) in [5, 5.41) is 3.04. The molecule has 2 aromatic rings. The van der Waals surface area contributed by atoms with Crippen LogP contribution in [0.25, 0.3) is 11.1 Å². The first-order valence-corrected chi connectivity index (χ1v) is 12.2. The third-order valence-electron chi connectivity index (χ3n) is 5.44. The minimum Gasteiger partial charge on any atom is -0.350 e. The van der Waals surface area contributed by atoms with E-state index in [0.717, 1.165) is 17.5 Å². The molecule has 0 fully saturated rings. The fourth-order valence-electron chi connectivity index (χ4n) is 4.60. The molecule has 0 radical (unpaired) electrons. The average Bonchev–Trinajstić information content (AvgIpc) is 2.62. The molecule has 0 aliphatic carbocycles. The number of sulfonamides is 1. The highest BCUT2D eigenvalue weighted by Crippen LogP contribution is 2.44. The predicted molar refractivity (Wildman–Crippen MR) is 127 cm³/mol. The Morgan fingerprint density at radius 3 is 2.26 bits per heavy atom. The average molecular weight is 443 g/mol. The van der Waals surface area contributed by atoms with Gasteiger partial charge in [-0.1, -0.05) is 58.9 Å². The molecule has 0 spiro atoms. The summed E-state index contributed by atoms with van der Waals surface area (Å²) >= 11 is 0.